The van der Waals surface area contributed by atoms with Gasteiger partial charge in [0.2, 0.25) is 0 Å². The third-order valence-electron chi connectivity index (χ3n) is 2.68. The number of hydrogen-bond donors (Lipinski definition) is 2. The molecule has 0 spiro atoms. The number of cyclic esters (lactones) is 1. The van der Waals surface area contributed by atoms with Crippen LogP contribution in [-0.4, -0.2) is 30.7 Å². The molecule has 2 N–H and O–H groups in total. The van der Waals surface area contributed by atoms with Crippen LogP contribution in [0.4, 0.5) is 4.79 Å². The van der Waals surface area contributed by atoms with Gasteiger partial charge in [-0.25, -0.2) is 4.79 Å². The van der Waals surface area contributed by atoms with Gasteiger partial charge >= 0.3 is 6.09 Å². The Balaban J connectivity index is 1.87. The number of benzene rings is 1. The van der Waals surface area contributed by atoms with E-state index in [1.54, 1.807) is 31.2 Å². The lowest BCUT2D eigenvalue weighted by molar-refractivity contribution is 0.0944. The van der Waals surface area contributed by atoms with Crippen molar-refractivity contribution in [1.29, 1.82) is 0 Å². The summed E-state index contributed by atoms with van der Waals surface area (Å²) in [6.45, 7) is 2.15. The van der Waals surface area contributed by atoms with Gasteiger partial charge in [-0.1, -0.05) is 18.2 Å². The van der Waals surface area contributed by atoms with E-state index in [2.05, 4.69) is 10.6 Å². The zero-order valence-corrected chi connectivity index (χ0v) is 9.47. The van der Waals surface area contributed by atoms with Crippen molar-refractivity contribution < 1.29 is 14.3 Å². The minimum Gasteiger partial charge on any atom is -0.444 e. The lowest BCUT2D eigenvalue weighted by Gasteiger charge is -2.13. The first-order valence-electron chi connectivity index (χ1n) is 5.47. The van der Waals surface area contributed by atoms with Gasteiger partial charge in [0.15, 0.2) is 0 Å². The molecule has 1 aromatic rings. The van der Waals surface area contributed by atoms with Crippen molar-refractivity contribution in [3.05, 3.63) is 35.9 Å². The molecule has 0 aromatic heterocycles. The topological polar surface area (TPSA) is 67.4 Å². The minimum atomic E-state index is -0.434. The van der Waals surface area contributed by atoms with Crippen molar-refractivity contribution in [1.82, 2.24) is 10.6 Å². The van der Waals surface area contributed by atoms with Crippen molar-refractivity contribution in [3.63, 3.8) is 0 Å². The van der Waals surface area contributed by atoms with Crippen molar-refractivity contribution >= 4 is 12.0 Å². The van der Waals surface area contributed by atoms with Gasteiger partial charge in [-0.15, -0.1) is 0 Å². The Hall–Kier alpha value is -2.04. The van der Waals surface area contributed by atoms with Crippen LogP contribution in [0.5, 0.6) is 0 Å². The number of carbonyl (C=O) groups excluding carboxylic acids is 2. The van der Waals surface area contributed by atoms with E-state index in [1.807, 2.05) is 6.07 Å². The molecule has 2 amide bonds. The van der Waals surface area contributed by atoms with Crippen LogP contribution in [0.15, 0.2) is 30.3 Å². The summed E-state index contributed by atoms with van der Waals surface area (Å²) in [5.41, 5.74) is 0.602. The highest BCUT2D eigenvalue weighted by molar-refractivity contribution is 5.94. The van der Waals surface area contributed by atoms with E-state index in [4.69, 9.17) is 4.74 Å². The first-order chi connectivity index (χ1) is 8.16. The van der Waals surface area contributed by atoms with Crippen LogP contribution >= 0.6 is 0 Å². The summed E-state index contributed by atoms with van der Waals surface area (Å²) < 4.78 is 4.91. The third kappa shape index (κ3) is 2.75. The molecular formula is C12H14N2O3. The molecule has 5 nitrogen and oxygen atoms in total. The van der Waals surface area contributed by atoms with E-state index in [1.165, 1.54) is 0 Å². The van der Waals surface area contributed by atoms with Gasteiger partial charge in [0.05, 0.1) is 6.04 Å². The summed E-state index contributed by atoms with van der Waals surface area (Å²) in [7, 11) is 0. The Morgan fingerprint density at radius 1 is 1.41 bits per heavy atom. The number of alkyl carbamates (subject to hydrolysis) is 1. The third-order valence-corrected chi connectivity index (χ3v) is 2.68. The van der Waals surface area contributed by atoms with Crippen LogP contribution in [0.25, 0.3) is 0 Å². The fourth-order valence-electron chi connectivity index (χ4n) is 1.66. The molecule has 2 atom stereocenters. The molecule has 0 aliphatic carbocycles. The van der Waals surface area contributed by atoms with Crippen LogP contribution < -0.4 is 10.6 Å². The highest BCUT2D eigenvalue weighted by atomic mass is 16.6. The monoisotopic (exact) mass is 234 g/mol. The summed E-state index contributed by atoms with van der Waals surface area (Å²) in [6.07, 6.45) is -0.657. The van der Waals surface area contributed by atoms with Gasteiger partial charge < -0.3 is 15.4 Å². The Labute approximate surface area is 99.2 Å². The highest BCUT2D eigenvalue weighted by Crippen LogP contribution is 2.07. The summed E-state index contributed by atoms with van der Waals surface area (Å²) in [6, 6.07) is 8.76. The predicted octanol–water partition coefficient (Wildman–Crippen LogP) is 0.913. The second kappa shape index (κ2) is 4.86. The molecule has 1 aliphatic heterocycles. The van der Waals surface area contributed by atoms with E-state index in [9.17, 15) is 9.59 Å². The summed E-state index contributed by atoms with van der Waals surface area (Å²) in [4.78, 5) is 22.7. The van der Waals surface area contributed by atoms with Crippen LogP contribution in [0.2, 0.25) is 0 Å². The lowest BCUT2D eigenvalue weighted by atomic mass is 10.2. The van der Waals surface area contributed by atoms with Gasteiger partial charge in [0, 0.05) is 12.1 Å². The molecule has 0 bridgehead atoms. The zero-order chi connectivity index (χ0) is 12.3. The molecule has 2 rings (SSSR count). The Kier molecular flexibility index (Phi) is 3.27. The molecule has 1 aromatic carbocycles. The maximum atomic E-state index is 11.7. The Morgan fingerprint density at radius 3 is 2.71 bits per heavy atom. The average molecular weight is 234 g/mol. The average Bonchev–Trinajstić information content (AvgIpc) is 2.66. The van der Waals surface area contributed by atoms with Crippen molar-refractivity contribution in [2.24, 2.45) is 0 Å². The number of nitrogens with one attached hydrogen (secondary N) is 2. The molecule has 0 saturated carbocycles. The SMILES string of the molecule is C[C@H]1OC(=O)N[C@H]1CNC(=O)c1ccccc1. The van der Waals surface area contributed by atoms with Gasteiger partial charge in [0.25, 0.3) is 5.91 Å². The molecule has 1 heterocycles. The van der Waals surface area contributed by atoms with Crippen molar-refractivity contribution in [2.45, 2.75) is 19.1 Å². The van der Waals surface area contributed by atoms with Gasteiger partial charge in [-0.3, -0.25) is 4.79 Å². The van der Waals surface area contributed by atoms with Crippen LogP contribution in [0.1, 0.15) is 17.3 Å². The smallest absolute Gasteiger partial charge is 0.407 e. The Bertz CT molecular complexity index is 419. The molecule has 1 fully saturated rings. The molecule has 0 radical (unpaired) electrons. The maximum absolute atomic E-state index is 11.7. The Morgan fingerprint density at radius 2 is 2.12 bits per heavy atom. The van der Waals surface area contributed by atoms with E-state index in [0.717, 1.165) is 0 Å². The van der Waals surface area contributed by atoms with Crippen molar-refractivity contribution in [2.75, 3.05) is 6.54 Å². The summed E-state index contributed by atoms with van der Waals surface area (Å²) in [5.74, 6) is -0.154. The highest BCUT2D eigenvalue weighted by Gasteiger charge is 2.30. The zero-order valence-electron chi connectivity index (χ0n) is 9.47. The second-order valence-corrected chi connectivity index (χ2v) is 3.94. The number of carbonyl (C=O) groups is 2. The summed E-state index contributed by atoms with van der Waals surface area (Å²) >= 11 is 0. The van der Waals surface area contributed by atoms with E-state index < -0.39 is 6.09 Å². The largest absolute Gasteiger partial charge is 0.444 e. The minimum absolute atomic E-state index is 0.154. The predicted molar refractivity (Wildman–Crippen MR) is 61.6 cm³/mol. The number of ether oxygens (including phenoxy) is 1. The molecule has 1 aliphatic rings. The number of amides is 2. The van der Waals surface area contributed by atoms with Crippen LogP contribution in [0.3, 0.4) is 0 Å². The molecular weight excluding hydrogens is 220 g/mol. The first-order valence-corrected chi connectivity index (χ1v) is 5.47. The van der Waals surface area contributed by atoms with E-state index in [0.29, 0.717) is 12.1 Å². The molecule has 0 unspecified atom stereocenters. The molecule has 17 heavy (non-hydrogen) atoms. The van der Waals surface area contributed by atoms with Gasteiger partial charge in [0.1, 0.15) is 6.10 Å². The van der Waals surface area contributed by atoms with Gasteiger partial charge in [-0.05, 0) is 19.1 Å². The normalized spacial score (nSPS) is 22.8. The van der Waals surface area contributed by atoms with Crippen LogP contribution in [-0.2, 0) is 4.74 Å². The fourth-order valence-corrected chi connectivity index (χ4v) is 1.66. The molecule has 5 heteroatoms. The lowest BCUT2D eigenvalue weighted by Crippen LogP contribution is -2.42. The van der Waals surface area contributed by atoms with E-state index >= 15 is 0 Å². The van der Waals surface area contributed by atoms with Crippen LogP contribution in [0, 0.1) is 0 Å². The van der Waals surface area contributed by atoms with Crippen molar-refractivity contribution in [3.8, 4) is 0 Å². The molecule has 1 saturated heterocycles. The quantitative estimate of drug-likeness (QED) is 0.817. The standard InChI is InChI=1S/C12H14N2O3/c1-8-10(14-12(16)17-8)7-13-11(15)9-5-3-2-4-6-9/h2-6,8,10H,7H2,1H3,(H,13,15)(H,14,16)/t8-,10+/m1/s1. The summed E-state index contributed by atoms with van der Waals surface area (Å²) in [5, 5.41) is 5.39. The fraction of sp³-hybridized carbons (Fsp3) is 0.333. The number of hydrogen-bond acceptors (Lipinski definition) is 3. The second-order valence-electron chi connectivity index (χ2n) is 3.94. The van der Waals surface area contributed by atoms with Gasteiger partial charge in [-0.2, -0.15) is 0 Å². The molecule has 90 valence electrons. The maximum Gasteiger partial charge on any atom is 0.407 e. The number of rotatable bonds is 3. The van der Waals surface area contributed by atoms with E-state index in [-0.39, 0.29) is 18.1 Å². The first kappa shape index (κ1) is 11.4.